The maximum atomic E-state index is 12.7. The molecule has 0 aromatic heterocycles. The van der Waals surface area contributed by atoms with Crippen LogP contribution in [0.4, 0.5) is 5.69 Å². The van der Waals surface area contributed by atoms with E-state index in [4.69, 9.17) is 5.73 Å². The summed E-state index contributed by atoms with van der Waals surface area (Å²) in [6, 6.07) is 17.7. The summed E-state index contributed by atoms with van der Waals surface area (Å²) in [5.74, 6) is 0.114. The molecule has 0 spiro atoms. The van der Waals surface area contributed by atoms with E-state index in [1.165, 1.54) is 0 Å². The van der Waals surface area contributed by atoms with Gasteiger partial charge in [-0.25, -0.2) is 0 Å². The number of nitrogen functional groups attached to an aromatic ring is 1. The van der Waals surface area contributed by atoms with Gasteiger partial charge in [-0.15, -0.1) is 0 Å². The van der Waals surface area contributed by atoms with Crippen LogP contribution in [-0.2, 0) is 10.2 Å². The zero-order valence-electron chi connectivity index (χ0n) is 12.2. The summed E-state index contributed by atoms with van der Waals surface area (Å²) in [7, 11) is 0. The highest BCUT2D eigenvalue weighted by Gasteiger charge is 2.51. The second-order valence-corrected chi connectivity index (χ2v) is 5.81. The lowest BCUT2D eigenvalue weighted by atomic mass is 9.94. The average Bonchev–Trinajstić information content (AvgIpc) is 3.30. The topological polar surface area (TPSA) is 55.1 Å². The number of amides is 1. The normalized spacial score (nSPS) is 17.0. The first-order chi connectivity index (χ1) is 10.1. The van der Waals surface area contributed by atoms with Crippen LogP contribution >= 0.6 is 0 Å². The number of carbonyl (C=O) groups is 1. The van der Waals surface area contributed by atoms with Gasteiger partial charge in [0.25, 0.3) is 0 Å². The molecule has 1 aliphatic rings. The first-order valence-electron chi connectivity index (χ1n) is 7.34. The summed E-state index contributed by atoms with van der Waals surface area (Å²) in [4.78, 5) is 12.7. The number of rotatable bonds is 4. The zero-order chi connectivity index (χ0) is 14.9. The molecule has 1 unspecified atom stereocenters. The van der Waals surface area contributed by atoms with E-state index in [-0.39, 0.29) is 17.4 Å². The number of carbonyl (C=O) groups excluding carboxylic acids is 1. The van der Waals surface area contributed by atoms with E-state index in [2.05, 4.69) is 5.32 Å². The van der Waals surface area contributed by atoms with Gasteiger partial charge in [-0.05, 0) is 43.0 Å². The molecule has 3 rings (SSSR count). The minimum absolute atomic E-state index is 0.0396. The van der Waals surface area contributed by atoms with Crippen LogP contribution in [-0.4, -0.2) is 5.91 Å². The Morgan fingerprint density at radius 2 is 1.86 bits per heavy atom. The highest BCUT2D eigenvalue weighted by Crippen LogP contribution is 2.48. The average molecular weight is 280 g/mol. The van der Waals surface area contributed by atoms with Crippen LogP contribution in [0.15, 0.2) is 54.6 Å². The third kappa shape index (κ3) is 2.64. The van der Waals surface area contributed by atoms with E-state index in [0.717, 1.165) is 29.7 Å². The minimum atomic E-state index is -0.324. The van der Waals surface area contributed by atoms with Crippen LogP contribution in [0.2, 0.25) is 0 Å². The van der Waals surface area contributed by atoms with Crippen molar-refractivity contribution >= 4 is 11.6 Å². The smallest absolute Gasteiger partial charge is 0.231 e. The maximum absolute atomic E-state index is 12.7. The molecule has 21 heavy (non-hydrogen) atoms. The summed E-state index contributed by atoms with van der Waals surface area (Å²) in [6.07, 6.45) is 1.85. The van der Waals surface area contributed by atoms with Crippen LogP contribution in [0, 0.1) is 0 Å². The van der Waals surface area contributed by atoms with E-state index < -0.39 is 0 Å². The number of anilines is 1. The molecule has 0 radical (unpaired) electrons. The first-order valence-corrected chi connectivity index (χ1v) is 7.34. The van der Waals surface area contributed by atoms with Gasteiger partial charge in [-0.2, -0.15) is 0 Å². The van der Waals surface area contributed by atoms with E-state index in [1.807, 2.05) is 61.5 Å². The molecule has 2 aromatic carbocycles. The van der Waals surface area contributed by atoms with Crippen LogP contribution in [0.25, 0.3) is 0 Å². The van der Waals surface area contributed by atoms with Crippen LogP contribution in [0.3, 0.4) is 0 Å². The SMILES string of the molecule is CC(NC(=O)C1(c2ccccc2)CC1)c1cccc(N)c1. The van der Waals surface area contributed by atoms with Crippen molar-refractivity contribution in [2.24, 2.45) is 0 Å². The number of hydrogen-bond acceptors (Lipinski definition) is 2. The highest BCUT2D eigenvalue weighted by molar-refractivity contribution is 5.91. The van der Waals surface area contributed by atoms with E-state index in [1.54, 1.807) is 0 Å². The van der Waals surface area contributed by atoms with Crippen molar-refractivity contribution < 1.29 is 4.79 Å². The molecule has 1 fully saturated rings. The lowest BCUT2D eigenvalue weighted by molar-refractivity contribution is -0.124. The van der Waals surface area contributed by atoms with Gasteiger partial charge in [0.1, 0.15) is 0 Å². The Morgan fingerprint density at radius 3 is 2.48 bits per heavy atom. The lowest BCUT2D eigenvalue weighted by Crippen LogP contribution is -2.36. The predicted octanol–water partition coefficient (Wildman–Crippen LogP) is 3.18. The molecular weight excluding hydrogens is 260 g/mol. The Kier molecular flexibility index (Phi) is 3.42. The number of nitrogens with two attached hydrogens (primary N) is 1. The second-order valence-electron chi connectivity index (χ2n) is 5.81. The molecule has 0 aliphatic heterocycles. The molecule has 3 nitrogen and oxygen atoms in total. The Bertz CT molecular complexity index is 647. The number of nitrogens with one attached hydrogen (secondary N) is 1. The van der Waals surface area contributed by atoms with Gasteiger partial charge in [0, 0.05) is 5.69 Å². The lowest BCUT2D eigenvalue weighted by Gasteiger charge is -2.20. The fourth-order valence-electron chi connectivity index (χ4n) is 2.78. The molecule has 1 aliphatic carbocycles. The third-order valence-corrected chi connectivity index (χ3v) is 4.27. The van der Waals surface area contributed by atoms with E-state index >= 15 is 0 Å². The van der Waals surface area contributed by atoms with Crippen molar-refractivity contribution in [3.8, 4) is 0 Å². The van der Waals surface area contributed by atoms with Crippen molar-refractivity contribution in [3.05, 3.63) is 65.7 Å². The van der Waals surface area contributed by atoms with Gasteiger partial charge in [0.05, 0.1) is 11.5 Å². The highest BCUT2D eigenvalue weighted by atomic mass is 16.2. The standard InChI is InChI=1S/C18H20N2O/c1-13(14-6-5-9-16(19)12-14)20-17(21)18(10-11-18)15-7-3-2-4-8-15/h2-9,12-13H,10-11,19H2,1H3,(H,20,21). The van der Waals surface area contributed by atoms with Crippen molar-refractivity contribution in [3.63, 3.8) is 0 Å². The molecule has 1 atom stereocenters. The Morgan fingerprint density at radius 1 is 1.14 bits per heavy atom. The Hall–Kier alpha value is -2.29. The summed E-state index contributed by atoms with van der Waals surface area (Å²) >= 11 is 0. The monoisotopic (exact) mass is 280 g/mol. The largest absolute Gasteiger partial charge is 0.399 e. The van der Waals surface area contributed by atoms with Gasteiger partial charge >= 0.3 is 0 Å². The van der Waals surface area contributed by atoms with Crippen molar-refractivity contribution in [1.29, 1.82) is 0 Å². The summed E-state index contributed by atoms with van der Waals surface area (Å²) < 4.78 is 0. The van der Waals surface area contributed by atoms with E-state index in [9.17, 15) is 4.79 Å². The molecule has 0 bridgehead atoms. The minimum Gasteiger partial charge on any atom is -0.399 e. The van der Waals surface area contributed by atoms with Crippen molar-refractivity contribution in [1.82, 2.24) is 5.32 Å². The molecule has 108 valence electrons. The molecule has 3 N–H and O–H groups in total. The van der Waals surface area contributed by atoms with Gasteiger partial charge in [0.15, 0.2) is 0 Å². The summed E-state index contributed by atoms with van der Waals surface area (Å²) in [6.45, 7) is 1.99. The Labute approximate surface area is 125 Å². The quantitative estimate of drug-likeness (QED) is 0.845. The molecule has 3 heteroatoms. The molecule has 2 aromatic rings. The molecule has 0 saturated heterocycles. The third-order valence-electron chi connectivity index (χ3n) is 4.27. The molecule has 0 heterocycles. The fraction of sp³-hybridized carbons (Fsp3) is 0.278. The number of hydrogen-bond donors (Lipinski definition) is 2. The predicted molar refractivity (Wildman–Crippen MR) is 84.8 cm³/mol. The van der Waals surface area contributed by atoms with Gasteiger partial charge in [0.2, 0.25) is 5.91 Å². The van der Waals surface area contributed by atoms with Gasteiger partial charge < -0.3 is 11.1 Å². The van der Waals surface area contributed by atoms with Crippen LogP contribution in [0.5, 0.6) is 0 Å². The number of benzene rings is 2. The second kappa shape index (κ2) is 5.24. The fourth-order valence-corrected chi connectivity index (χ4v) is 2.78. The molecule has 1 saturated carbocycles. The zero-order valence-corrected chi connectivity index (χ0v) is 12.2. The van der Waals surface area contributed by atoms with Crippen LogP contribution in [0.1, 0.15) is 36.9 Å². The van der Waals surface area contributed by atoms with Crippen LogP contribution < -0.4 is 11.1 Å². The van der Waals surface area contributed by atoms with E-state index in [0.29, 0.717) is 0 Å². The summed E-state index contributed by atoms with van der Waals surface area (Å²) in [5, 5.41) is 3.13. The molecular formula is C18H20N2O. The van der Waals surface area contributed by atoms with Gasteiger partial charge in [-0.3, -0.25) is 4.79 Å². The van der Waals surface area contributed by atoms with Crippen molar-refractivity contribution in [2.75, 3.05) is 5.73 Å². The first kappa shape index (κ1) is 13.7. The molecule has 1 amide bonds. The van der Waals surface area contributed by atoms with Gasteiger partial charge in [-0.1, -0.05) is 42.5 Å². The summed E-state index contributed by atoms with van der Waals surface area (Å²) in [5.41, 5.74) is 8.35. The Balaban J connectivity index is 1.75. The van der Waals surface area contributed by atoms with Crippen molar-refractivity contribution in [2.45, 2.75) is 31.2 Å². The maximum Gasteiger partial charge on any atom is 0.231 e.